The van der Waals surface area contributed by atoms with Crippen molar-refractivity contribution < 1.29 is 19.0 Å². The molecule has 0 saturated carbocycles. The Morgan fingerprint density at radius 2 is 1.88 bits per heavy atom. The lowest BCUT2D eigenvalue weighted by Crippen LogP contribution is -2.58. The molecule has 0 aliphatic carbocycles. The predicted molar refractivity (Wildman–Crippen MR) is 63.6 cm³/mol. The Bertz CT molecular complexity index is 266. The highest BCUT2D eigenvalue weighted by atomic mass is 16.6. The molecule has 0 radical (unpaired) electrons. The fraction of sp³-hybridized carbons (Fsp3) is 0.917. The maximum Gasteiger partial charge on any atom is 0.326 e. The Hall–Kier alpha value is -0.650. The normalized spacial score (nSPS) is 21.9. The Morgan fingerprint density at radius 3 is 2.29 bits per heavy atom. The van der Waals surface area contributed by atoms with Crippen molar-refractivity contribution in [1.82, 2.24) is 0 Å². The van der Waals surface area contributed by atoms with E-state index in [2.05, 4.69) is 0 Å². The minimum absolute atomic E-state index is 0.416. The van der Waals surface area contributed by atoms with Gasteiger partial charge in [-0.25, -0.2) is 0 Å². The van der Waals surface area contributed by atoms with Crippen LogP contribution in [0.25, 0.3) is 0 Å². The van der Waals surface area contributed by atoms with Crippen LogP contribution in [0.5, 0.6) is 0 Å². The molecule has 1 aliphatic heterocycles. The van der Waals surface area contributed by atoms with Crippen molar-refractivity contribution in [3.05, 3.63) is 0 Å². The third-order valence-corrected chi connectivity index (χ3v) is 2.97. The summed E-state index contributed by atoms with van der Waals surface area (Å²) in [5, 5.41) is 0. The molecule has 5 nitrogen and oxygen atoms in total. The van der Waals surface area contributed by atoms with Crippen LogP contribution in [0.2, 0.25) is 0 Å². The number of methoxy groups -OCH3 is 1. The number of hydrogen-bond acceptors (Lipinski definition) is 5. The first-order valence-corrected chi connectivity index (χ1v) is 5.92. The highest BCUT2D eigenvalue weighted by molar-refractivity contribution is 5.77. The minimum Gasteiger partial charge on any atom is -0.459 e. The highest BCUT2D eigenvalue weighted by Gasteiger charge is 2.44. The van der Waals surface area contributed by atoms with Crippen LogP contribution in [-0.2, 0) is 19.0 Å². The average molecular weight is 245 g/mol. The SMILES string of the molecule is COC1(C(N)C(=O)OC(C)(C)C)CCOCC1. The van der Waals surface area contributed by atoms with Gasteiger partial charge >= 0.3 is 5.97 Å². The number of nitrogens with two attached hydrogens (primary N) is 1. The molecule has 1 saturated heterocycles. The smallest absolute Gasteiger partial charge is 0.326 e. The molecule has 0 aromatic carbocycles. The number of carbonyl (C=O) groups excluding carboxylic acids is 1. The van der Waals surface area contributed by atoms with Gasteiger partial charge < -0.3 is 19.9 Å². The first-order chi connectivity index (χ1) is 7.81. The largest absolute Gasteiger partial charge is 0.459 e. The van der Waals surface area contributed by atoms with E-state index in [1.54, 1.807) is 7.11 Å². The molecule has 1 heterocycles. The third-order valence-electron chi connectivity index (χ3n) is 2.97. The first kappa shape index (κ1) is 14.4. The fourth-order valence-electron chi connectivity index (χ4n) is 1.94. The summed E-state index contributed by atoms with van der Waals surface area (Å²) in [4.78, 5) is 12.0. The van der Waals surface area contributed by atoms with E-state index in [1.807, 2.05) is 20.8 Å². The lowest BCUT2D eigenvalue weighted by atomic mass is 9.86. The molecular weight excluding hydrogens is 222 g/mol. The second kappa shape index (κ2) is 5.33. The van der Waals surface area contributed by atoms with Crippen LogP contribution in [0.3, 0.4) is 0 Å². The average Bonchev–Trinajstić information content (AvgIpc) is 2.26. The van der Waals surface area contributed by atoms with E-state index in [-0.39, 0.29) is 0 Å². The van der Waals surface area contributed by atoms with Crippen LogP contribution in [-0.4, -0.2) is 43.5 Å². The molecular formula is C12H23NO4. The van der Waals surface area contributed by atoms with E-state index in [1.165, 1.54) is 0 Å². The standard InChI is InChI=1S/C12H23NO4/c1-11(2,3)17-10(14)9(13)12(15-4)5-7-16-8-6-12/h9H,5-8,13H2,1-4H3. The van der Waals surface area contributed by atoms with E-state index in [0.717, 1.165) is 0 Å². The number of esters is 1. The molecule has 2 N–H and O–H groups in total. The van der Waals surface area contributed by atoms with Gasteiger partial charge in [-0.15, -0.1) is 0 Å². The van der Waals surface area contributed by atoms with Gasteiger partial charge in [0.1, 0.15) is 11.6 Å². The summed E-state index contributed by atoms with van der Waals surface area (Å²) in [6.45, 7) is 6.58. The van der Waals surface area contributed by atoms with E-state index in [9.17, 15) is 4.79 Å². The van der Waals surface area contributed by atoms with Crippen LogP contribution in [0.4, 0.5) is 0 Å². The Balaban J connectivity index is 2.71. The van der Waals surface area contributed by atoms with Gasteiger partial charge in [-0.2, -0.15) is 0 Å². The van der Waals surface area contributed by atoms with Crippen molar-refractivity contribution in [3.8, 4) is 0 Å². The van der Waals surface area contributed by atoms with Crippen LogP contribution in [0.15, 0.2) is 0 Å². The number of hydrogen-bond donors (Lipinski definition) is 1. The second-order valence-electron chi connectivity index (χ2n) is 5.39. The van der Waals surface area contributed by atoms with Gasteiger partial charge in [0.25, 0.3) is 0 Å². The fourth-order valence-corrected chi connectivity index (χ4v) is 1.94. The Morgan fingerprint density at radius 1 is 1.35 bits per heavy atom. The number of ether oxygens (including phenoxy) is 3. The monoisotopic (exact) mass is 245 g/mol. The minimum atomic E-state index is -0.768. The second-order valence-corrected chi connectivity index (χ2v) is 5.39. The zero-order chi connectivity index (χ0) is 13.1. The van der Waals surface area contributed by atoms with Crippen molar-refractivity contribution in [3.63, 3.8) is 0 Å². The summed E-state index contributed by atoms with van der Waals surface area (Å²) >= 11 is 0. The highest BCUT2D eigenvalue weighted by Crippen LogP contribution is 2.28. The van der Waals surface area contributed by atoms with Gasteiger partial charge in [-0.3, -0.25) is 4.79 Å². The summed E-state index contributed by atoms with van der Waals surface area (Å²) in [7, 11) is 1.58. The molecule has 1 unspecified atom stereocenters. The molecule has 100 valence electrons. The number of rotatable bonds is 3. The molecule has 1 aliphatic rings. The summed E-state index contributed by atoms with van der Waals surface area (Å²) in [6, 6.07) is -0.768. The van der Waals surface area contributed by atoms with E-state index in [0.29, 0.717) is 26.1 Å². The molecule has 1 rings (SSSR count). The molecule has 17 heavy (non-hydrogen) atoms. The van der Waals surface area contributed by atoms with Crippen LogP contribution < -0.4 is 5.73 Å². The molecule has 1 atom stereocenters. The van der Waals surface area contributed by atoms with Crippen LogP contribution in [0, 0.1) is 0 Å². The van der Waals surface area contributed by atoms with Gasteiger partial charge in [0.2, 0.25) is 0 Å². The van der Waals surface area contributed by atoms with Crippen molar-refractivity contribution in [1.29, 1.82) is 0 Å². The van der Waals surface area contributed by atoms with E-state index >= 15 is 0 Å². The zero-order valence-corrected chi connectivity index (χ0v) is 11.1. The van der Waals surface area contributed by atoms with Crippen LogP contribution >= 0.6 is 0 Å². The van der Waals surface area contributed by atoms with Gasteiger partial charge in [-0.05, 0) is 20.8 Å². The molecule has 0 amide bonds. The van der Waals surface area contributed by atoms with Gasteiger partial charge in [-0.1, -0.05) is 0 Å². The molecule has 5 heteroatoms. The van der Waals surface area contributed by atoms with E-state index in [4.69, 9.17) is 19.9 Å². The van der Waals surface area contributed by atoms with Crippen molar-refractivity contribution >= 4 is 5.97 Å². The van der Waals surface area contributed by atoms with E-state index < -0.39 is 23.2 Å². The van der Waals surface area contributed by atoms with Crippen molar-refractivity contribution in [2.75, 3.05) is 20.3 Å². The summed E-state index contributed by atoms with van der Waals surface area (Å²) < 4.78 is 16.0. The maximum absolute atomic E-state index is 12.0. The quantitative estimate of drug-likeness (QED) is 0.746. The maximum atomic E-state index is 12.0. The molecule has 1 fully saturated rings. The predicted octanol–water partition coefficient (Wildman–Crippen LogP) is 0.851. The lowest BCUT2D eigenvalue weighted by Gasteiger charge is -2.39. The van der Waals surface area contributed by atoms with Gasteiger partial charge in [0.15, 0.2) is 0 Å². The third kappa shape index (κ3) is 3.66. The summed E-state index contributed by atoms with van der Waals surface area (Å²) in [5.74, 6) is -0.416. The Labute approximate surface area is 103 Å². The molecule has 0 aromatic heterocycles. The van der Waals surface area contributed by atoms with Gasteiger partial charge in [0.05, 0.1) is 5.60 Å². The van der Waals surface area contributed by atoms with Crippen molar-refractivity contribution in [2.45, 2.75) is 50.9 Å². The molecule has 0 spiro atoms. The van der Waals surface area contributed by atoms with Crippen molar-refractivity contribution in [2.24, 2.45) is 5.73 Å². The van der Waals surface area contributed by atoms with Crippen LogP contribution in [0.1, 0.15) is 33.6 Å². The topological polar surface area (TPSA) is 70.8 Å². The molecule has 0 aromatic rings. The molecule has 0 bridgehead atoms. The van der Waals surface area contributed by atoms with Gasteiger partial charge in [0, 0.05) is 33.2 Å². The lowest BCUT2D eigenvalue weighted by molar-refractivity contribution is -0.171. The summed E-state index contributed by atoms with van der Waals surface area (Å²) in [6.07, 6.45) is 1.23. The summed E-state index contributed by atoms with van der Waals surface area (Å²) in [5.41, 5.74) is 4.80. The zero-order valence-electron chi connectivity index (χ0n) is 11.1. The number of carbonyl (C=O) groups is 1. The Kier molecular flexibility index (Phi) is 4.52. The first-order valence-electron chi connectivity index (χ1n) is 5.92.